The number of amides is 2. The standard InChI is InChI=1S/C19H26N4O2/c1-21(2)8-5-9-23-18(24)15-7-4-6-13-10-14(22(3)12-20)11-16(17(13)15)19(23)25/h6,10-11H,4-5,7-9,12,20H2,1-3H3. The lowest BCUT2D eigenvalue weighted by molar-refractivity contribution is -0.123. The number of hydrogen-bond donors (Lipinski definition) is 1. The van der Waals surface area contributed by atoms with Crippen LogP contribution >= 0.6 is 0 Å². The molecule has 134 valence electrons. The second-order valence-electron chi connectivity index (χ2n) is 6.98. The SMILES string of the molecule is CN(C)CCCN1C(=O)C2=c3c(cc(N(C)CN)cc3=CCC2)C1=O. The van der Waals surface area contributed by atoms with Crippen molar-refractivity contribution in [2.45, 2.75) is 19.3 Å². The van der Waals surface area contributed by atoms with Gasteiger partial charge in [-0.25, -0.2) is 0 Å². The zero-order valence-corrected chi connectivity index (χ0v) is 15.2. The first kappa shape index (κ1) is 17.6. The van der Waals surface area contributed by atoms with Crippen molar-refractivity contribution in [1.82, 2.24) is 9.80 Å². The summed E-state index contributed by atoms with van der Waals surface area (Å²) in [5.41, 5.74) is 8.06. The summed E-state index contributed by atoms with van der Waals surface area (Å²) in [6.45, 7) is 1.66. The molecule has 0 unspecified atom stereocenters. The molecule has 0 radical (unpaired) electrons. The number of rotatable bonds is 6. The first-order valence-electron chi connectivity index (χ1n) is 8.73. The Bertz CT molecular complexity index is 829. The highest BCUT2D eigenvalue weighted by Crippen LogP contribution is 2.22. The van der Waals surface area contributed by atoms with Gasteiger partial charge < -0.3 is 15.5 Å². The summed E-state index contributed by atoms with van der Waals surface area (Å²) in [7, 11) is 5.87. The first-order valence-corrected chi connectivity index (χ1v) is 8.73. The third kappa shape index (κ3) is 3.19. The fourth-order valence-corrected chi connectivity index (χ4v) is 3.50. The minimum Gasteiger partial charge on any atom is -0.362 e. The lowest BCUT2D eigenvalue weighted by Crippen LogP contribution is -2.51. The van der Waals surface area contributed by atoms with Crippen molar-refractivity contribution < 1.29 is 9.59 Å². The summed E-state index contributed by atoms with van der Waals surface area (Å²) in [5.74, 6) is -0.308. The lowest BCUT2D eigenvalue weighted by Gasteiger charge is -2.29. The highest BCUT2D eigenvalue weighted by Gasteiger charge is 2.33. The molecule has 1 heterocycles. The van der Waals surface area contributed by atoms with Crippen LogP contribution in [0.1, 0.15) is 29.6 Å². The number of nitrogens with zero attached hydrogens (tertiary/aromatic N) is 3. The van der Waals surface area contributed by atoms with Crippen LogP contribution in [0.2, 0.25) is 0 Å². The van der Waals surface area contributed by atoms with Crippen molar-refractivity contribution in [2.24, 2.45) is 5.73 Å². The van der Waals surface area contributed by atoms with Crippen LogP contribution in [0.5, 0.6) is 0 Å². The van der Waals surface area contributed by atoms with Gasteiger partial charge in [-0.15, -0.1) is 0 Å². The van der Waals surface area contributed by atoms with Crippen molar-refractivity contribution >= 4 is 29.2 Å². The molecule has 0 saturated carbocycles. The number of anilines is 1. The number of benzene rings is 1. The zero-order chi connectivity index (χ0) is 18.1. The van der Waals surface area contributed by atoms with Crippen LogP contribution in [0.25, 0.3) is 11.6 Å². The minimum atomic E-state index is -0.189. The molecule has 1 aromatic carbocycles. The Labute approximate surface area is 148 Å². The van der Waals surface area contributed by atoms with Crippen LogP contribution in [0, 0.1) is 0 Å². The van der Waals surface area contributed by atoms with Gasteiger partial charge in [-0.05, 0) is 57.3 Å². The molecule has 0 fully saturated rings. The molecule has 1 aliphatic heterocycles. The van der Waals surface area contributed by atoms with Gasteiger partial charge in [0.2, 0.25) is 0 Å². The van der Waals surface area contributed by atoms with Crippen LogP contribution in [-0.4, -0.2) is 62.5 Å². The summed E-state index contributed by atoms with van der Waals surface area (Å²) in [4.78, 5) is 31.3. The van der Waals surface area contributed by atoms with E-state index in [-0.39, 0.29) is 11.8 Å². The topological polar surface area (TPSA) is 69.9 Å². The largest absolute Gasteiger partial charge is 0.362 e. The Hall–Kier alpha value is -2.18. The summed E-state index contributed by atoms with van der Waals surface area (Å²) >= 11 is 0. The van der Waals surface area contributed by atoms with Crippen LogP contribution < -0.4 is 21.1 Å². The fraction of sp³-hybridized carbons (Fsp3) is 0.474. The third-order valence-corrected chi connectivity index (χ3v) is 4.89. The monoisotopic (exact) mass is 342 g/mol. The molecule has 0 bridgehead atoms. The summed E-state index contributed by atoms with van der Waals surface area (Å²) < 4.78 is 0. The number of imide groups is 1. The summed E-state index contributed by atoms with van der Waals surface area (Å²) in [6.07, 6.45) is 4.40. The minimum absolute atomic E-state index is 0.120. The number of carbonyl (C=O) groups is 2. The fourth-order valence-electron chi connectivity index (χ4n) is 3.50. The average Bonchev–Trinajstić information content (AvgIpc) is 2.60. The molecule has 1 aromatic rings. The molecule has 2 N–H and O–H groups in total. The molecule has 0 atom stereocenters. The molecular formula is C19H26N4O2. The molecule has 6 nitrogen and oxygen atoms in total. The maximum absolute atomic E-state index is 13.0. The average molecular weight is 342 g/mol. The molecule has 0 saturated heterocycles. The number of carbonyl (C=O) groups excluding carboxylic acids is 2. The molecule has 3 rings (SSSR count). The summed E-state index contributed by atoms with van der Waals surface area (Å²) in [5, 5.41) is 1.81. The van der Waals surface area contributed by atoms with Gasteiger partial charge in [0.05, 0.1) is 12.2 Å². The Kier molecular flexibility index (Phi) is 4.92. The maximum atomic E-state index is 13.0. The summed E-state index contributed by atoms with van der Waals surface area (Å²) in [6, 6.07) is 3.89. The maximum Gasteiger partial charge on any atom is 0.261 e. The predicted molar refractivity (Wildman–Crippen MR) is 99.5 cm³/mol. The van der Waals surface area contributed by atoms with E-state index in [0.717, 1.165) is 41.1 Å². The Balaban J connectivity index is 2.07. The van der Waals surface area contributed by atoms with Crippen LogP contribution in [0.15, 0.2) is 12.1 Å². The Morgan fingerprint density at radius 1 is 1.16 bits per heavy atom. The molecule has 2 amide bonds. The molecular weight excluding hydrogens is 316 g/mol. The smallest absolute Gasteiger partial charge is 0.261 e. The van der Waals surface area contributed by atoms with Gasteiger partial charge in [0.1, 0.15) is 0 Å². The van der Waals surface area contributed by atoms with E-state index in [1.165, 1.54) is 4.90 Å². The van der Waals surface area contributed by atoms with Crippen molar-refractivity contribution in [2.75, 3.05) is 45.8 Å². The van der Waals surface area contributed by atoms with Crippen LogP contribution in [-0.2, 0) is 4.79 Å². The van der Waals surface area contributed by atoms with E-state index in [1.807, 2.05) is 38.2 Å². The van der Waals surface area contributed by atoms with E-state index >= 15 is 0 Å². The molecule has 25 heavy (non-hydrogen) atoms. The first-order chi connectivity index (χ1) is 11.9. The quantitative estimate of drug-likeness (QED) is 0.568. The lowest BCUT2D eigenvalue weighted by atomic mass is 9.91. The molecule has 6 heteroatoms. The highest BCUT2D eigenvalue weighted by molar-refractivity contribution is 6.25. The van der Waals surface area contributed by atoms with E-state index in [0.29, 0.717) is 25.2 Å². The van der Waals surface area contributed by atoms with Crippen molar-refractivity contribution in [1.29, 1.82) is 0 Å². The number of hydrogen-bond acceptors (Lipinski definition) is 5. The molecule has 0 spiro atoms. The van der Waals surface area contributed by atoms with Crippen molar-refractivity contribution in [3.05, 3.63) is 28.1 Å². The highest BCUT2D eigenvalue weighted by atomic mass is 16.2. The van der Waals surface area contributed by atoms with Gasteiger partial charge in [-0.1, -0.05) is 6.08 Å². The second kappa shape index (κ2) is 6.98. The van der Waals surface area contributed by atoms with Gasteiger partial charge in [0, 0.05) is 30.1 Å². The molecule has 2 aliphatic rings. The van der Waals surface area contributed by atoms with Crippen molar-refractivity contribution in [3.63, 3.8) is 0 Å². The normalized spacial score (nSPS) is 16.2. The number of nitrogens with two attached hydrogens (primary N) is 1. The second-order valence-corrected chi connectivity index (χ2v) is 6.98. The molecule has 0 aromatic heterocycles. The van der Waals surface area contributed by atoms with Gasteiger partial charge >= 0.3 is 0 Å². The van der Waals surface area contributed by atoms with E-state index < -0.39 is 0 Å². The van der Waals surface area contributed by atoms with Crippen molar-refractivity contribution in [3.8, 4) is 0 Å². The van der Waals surface area contributed by atoms with E-state index in [2.05, 4.69) is 11.0 Å². The van der Waals surface area contributed by atoms with Gasteiger partial charge in [0.25, 0.3) is 11.8 Å². The Morgan fingerprint density at radius 2 is 1.92 bits per heavy atom. The molecule has 1 aliphatic carbocycles. The third-order valence-electron chi connectivity index (χ3n) is 4.89. The van der Waals surface area contributed by atoms with Crippen LogP contribution in [0.3, 0.4) is 0 Å². The van der Waals surface area contributed by atoms with E-state index in [4.69, 9.17) is 5.73 Å². The zero-order valence-electron chi connectivity index (χ0n) is 15.2. The van der Waals surface area contributed by atoms with E-state index in [1.54, 1.807) is 0 Å². The Morgan fingerprint density at radius 3 is 2.60 bits per heavy atom. The van der Waals surface area contributed by atoms with Gasteiger partial charge in [-0.2, -0.15) is 0 Å². The van der Waals surface area contributed by atoms with Crippen LogP contribution in [0.4, 0.5) is 5.69 Å². The predicted octanol–water partition coefficient (Wildman–Crippen LogP) is -0.302. The van der Waals surface area contributed by atoms with E-state index in [9.17, 15) is 9.59 Å². The van der Waals surface area contributed by atoms with Gasteiger partial charge in [0.15, 0.2) is 0 Å². The van der Waals surface area contributed by atoms with Gasteiger partial charge in [-0.3, -0.25) is 14.5 Å².